The fourth-order valence-corrected chi connectivity index (χ4v) is 5.49. The first-order chi connectivity index (χ1) is 19.0. The number of para-hydroxylation sites is 2. The van der Waals surface area contributed by atoms with E-state index in [0.29, 0.717) is 44.7 Å². The van der Waals surface area contributed by atoms with Gasteiger partial charge in [0.25, 0.3) is 5.91 Å². The third-order valence-electron chi connectivity index (χ3n) is 7.70. The minimum Gasteiger partial charge on any atom is -0.379 e. The predicted molar refractivity (Wildman–Crippen MR) is 147 cm³/mol. The zero-order chi connectivity index (χ0) is 27.2. The van der Waals surface area contributed by atoms with Crippen LogP contribution in [0.25, 0.3) is 11.0 Å². The van der Waals surface area contributed by atoms with E-state index in [0.717, 1.165) is 56.0 Å². The van der Waals surface area contributed by atoms with Gasteiger partial charge in [0.05, 0.1) is 36.1 Å². The summed E-state index contributed by atoms with van der Waals surface area (Å²) in [7, 11) is 0. The minimum absolute atomic E-state index is 0.0284. The number of carbonyl (C=O) groups excluding carboxylic acids is 2. The molecule has 1 N–H and O–H groups in total. The summed E-state index contributed by atoms with van der Waals surface area (Å²) in [6.45, 7) is 8.03. The summed E-state index contributed by atoms with van der Waals surface area (Å²) in [6.07, 6.45) is 5.59. The highest BCUT2D eigenvalue weighted by atomic mass is 16.5. The molecule has 0 spiro atoms. The van der Waals surface area contributed by atoms with Crippen LogP contribution in [0.5, 0.6) is 0 Å². The monoisotopic (exact) mass is 535 g/mol. The van der Waals surface area contributed by atoms with Gasteiger partial charge in [-0.2, -0.15) is 0 Å². The van der Waals surface area contributed by atoms with E-state index in [-0.39, 0.29) is 30.0 Å². The maximum absolute atomic E-state index is 13.3. The summed E-state index contributed by atoms with van der Waals surface area (Å²) in [5, 5.41) is 0. The Balaban J connectivity index is 1.17. The van der Waals surface area contributed by atoms with Crippen molar-refractivity contribution in [2.24, 2.45) is 0 Å². The van der Waals surface area contributed by atoms with Crippen molar-refractivity contribution in [2.45, 2.75) is 38.6 Å². The highest BCUT2D eigenvalue weighted by Gasteiger charge is 2.27. The number of aromatic amines is 1. The Bertz CT molecular complexity index is 1320. The molecule has 2 fully saturated rings. The molecule has 3 aromatic rings. The van der Waals surface area contributed by atoms with Gasteiger partial charge in [-0.25, -0.2) is 9.78 Å². The molecule has 2 amide bonds. The number of benzene rings is 1. The summed E-state index contributed by atoms with van der Waals surface area (Å²) in [5.74, 6) is -0.171. The molecule has 0 unspecified atom stereocenters. The molecule has 11 heteroatoms. The molecule has 0 bridgehead atoms. The fourth-order valence-electron chi connectivity index (χ4n) is 5.49. The van der Waals surface area contributed by atoms with Crippen molar-refractivity contribution in [1.29, 1.82) is 0 Å². The summed E-state index contributed by atoms with van der Waals surface area (Å²) >= 11 is 0. The van der Waals surface area contributed by atoms with E-state index >= 15 is 0 Å². The predicted octanol–water partition coefficient (Wildman–Crippen LogP) is 1.85. The molecule has 208 valence electrons. The van der Waals surface area contributed by atoms with Gasteiger partial charge in [0.15, 0.2) is 0 Å². The first-order valence-corrected chi connectivity index (χ1v) is 13.8. The average Bonchev–Trinajstić information content (AvgIpc) is 3.31. The van der Waals surface area contributed by atoms with E-state index in [4.69, 9.17) is 4.74 Å². The Morgan fingerprint density at radius 1 is 1.05 bits per heavy atom. The lowest BCUT2D eigenvalue weighted by Crippen LogP contribution is -2.43. The van der Waals surface area contributed by atoms with Gasteiger partial charge in [-0.15, -0.1) is 0 Å². The van der Waals surface area contributed by atoms with Gasteiger partial charge in [0, 0.05) is 64.5 Å². The molecule has 0 atom stereocenters. The molecule has 39 heavy (non-hydrogen) atoms. The molecule has 0 saturated carbocycles. The zero-order valence-corrected chi connectivity index (χ0v) is 22.6. The Morgan fingerprint density at radius 2 is 1.82 bits per heavy atom. The number of ether oxygens (including phenoxy) is 1. The second kappa shape index (κ2) is 12.5. The molecule has 2 aliphatic rings. The summed E-state index contributed by atoms with van der Waals surface area (Å²) in [5.41, 5.74) is 2.67. The molecule has 0 radical (unpaired) electrons. The standard InChI is InChI=1S/C28H37N7O4/c1-21-19-30-24(20-29-21)27(37)34(11-4-10-32-15-17-39-18-16-32)14-9-26(36)33-12-7-22(8-13-33)35-25-6-3-2-5-23(25)31-28(35)38/h2-3,5-6,19-20,22H,4,7-18H2,1H3,(H,31,38). The van der Waals surface area contributed by atoms with Crippen LogP contribution in [0, 0.1) is 6.92 Å². The lowest BCUT2D eigenvalue weighted by atomic mass is 10.0. The first kappa shape index (κ1) is 27.0. The first-order valence-electron chi connectivity index (χ1n) is 13.8. The smallest absolute Gasteiger partial charge is 0.326 e. The largest absolute Gasteiger partial charge is 0.379 e. The lowest BCUT2D eigenvalue weighted by Gasteiger charge is -2.33. The number of nitrogens with zero attached hydrogens (tertiary/aromatic N) is 6. The van der Waals surface area contributed by atoms with Gasteiger partial charge in [-0.05, 0) is 38.3 Å². The number of amides is 2. The van der Waals surface area contributed by atoms with Crippen LogP contribution in [-0.2, 0) is 9.53 Å². The average molecular weight is 536 g/mol. The van der Waals surface area contributed by atoms with Gasteiger partial charge < -0.3 is 19.5 Å². The Morgan fingerprint density at radius 3 is 2.56 bits per heavy atom. The summed E-state index contributed by atoms with van der Waals surface area (Å²) in [4.78, 5) is 56.4. The molecule has 2 saturated heterocycles. The highest BCUT2D eigenvalue weighted by Crippen LogP contribution is 2.25. The van der Waals surface area contributed by atoms with Crippen molar-refractivity contribution in [1.82, 2.24) is 34.2 Å². The number of likely N-dealkylation sites (tertiary alicyclic amines) is 1. The number of H-pyrrole nitrogens is 1. The van der Waals surface area contributed by atoms with Gasteiger partial charge in [-0.1, -0.05) is 12.1 Å². The maximum Gasteiger partial charge on any atom is 0.326 e. The van der Waals surface area contributed by atoms with Crippen molar-refractivity contribution in [3.63, 3.8) is 0 Å². The molecule has 11 nitrogen and oxygen atoms in total. The van der Waals surface area contributed by atoms with Crippen LogP contribution in [0.3, 0.4) is 0 Å². The van der Waals surface area contributed by atoms with Crippen molar-refractivity contribution in [2.75, 3.05) is 59.0 Å². The molecule has 2 aliphatic heterocycles. The number of fused-ring (bicyclic) bond motifs is 1. The van der Waals surface area contributed by atoms with Crippen LogP contribution < -0.4 is 5.69 Å². The second-order valence-corrected chi connectivity index (χ2v) is 10.3. The van der Waals surface area contributed by atoms with Gasteiger partial charge in [0.1, 0.15) is 5.69 Å². The van der Waals surface area contributed by atoms with Crippen LogP contribution >= 0.6 is 0 Å². The lowest BCUT2D eigenvalue weighted by molar-refractivity contribution is -0.132. The molecule has 0 aliphatic carbocycles. The molecule has 2 aromatic heterocycles. The van der Waals surface area contributed by atoms with E-state index < -0.39 is 0 Å². The van der Waals surface area contributed by atoms with Crippen LogP contribution in [0.1, 0.15) is 47.9 Å². The van der Waals surface area contributed by atoms with Crippen molar-refractivity contribution in [3.05, 3.63) is 58.5 Å². The second-order valence-electron chi connectivity index (χ2n) is 10.3. The molecule has 1 aromatic carbocycles. The van der Waals surface area contributed by atoms with Crippen LogP contribution in [0.2, 0.25) is 0 Å². The number of imidazole rings is 1. The van der Waals surface area contributed by atoms with Gasteiger partial charge in [-0.3, -0.25) is 24.0 Å². The SMILES string of the molecule is Cc1cnc(C(=O)N(CCCN2CCOCC2)CCC(=O)N2CCC(n3c(=O)[nH]c4ccccc43)CC2)cn1. The number of aromatic nitrogens is 4. The van der Waals surface area contributed by atoms with Gasteiger partial charge in [0.2, 0.25) is 5.91 Å². The van der Waals surface area contributed by atoms with Crippen molar-refractivity contribution in [3.8, 4) is 0 Å². The van der Waals surface area contributed by atoms with E-state index in [2.05, 4.69) is 19.9 Å². The Labute approximate surface area is 227 Å². The van der Waals surface area contributed by atoms with E-state index in [1.54, 1.807) is 11.1 Å². The number of rotatable bonds is 9. The normalized spacial score (nSPS) is 17.0. The topological polar surface area (TPSA) is 117 Å². The maximum atomic E-state index is 13.3. The third kappa shape index (κ3) is 6.54. The summed E-state index contributed by atoms with van der Waals surface area (Å²) < 4.78 is 7.25. The Hall–Kier alpha value is -3.57. The molecular formula is C28H37N7O4. The number of morpholine rings is 1. The number of nitrogens with one attached hydrogen (secondary N) is 1. The number of piperidine rings is 1. The van der Waals surface area contributed by atoms with Crippen LogP contribution in [0.4, 0.5) is 0 Å². The third-order valence-corrected chi connectivity index (χ3v) is 7.70. The van der Waals surface area contributed by atoms with E-state index in [1.165, 1.54) is 6.20 Å². The number of carbonyl (C=O) groups is 2. The van der Waals surface area contributed by atoms with Gasteiger partial charge >= 0.3 is 5.69 Å². The number of hydrogen-bond donors (Lipinski definition) is 1. The van der Waals surface area contributed by atoms with Crippen molar-refractivity contribution >= 4 is 22.8 Å². The highest BCUT2D eigenvalue weighted by molar-refractivity contribution is 5.92. The molecule has 4 heterocycles. The zero-order valence-electron chi connectivity index (χ0n) is 22.6. The fraction of sp³-hybridized carbons (Fsp3) is 0.536. The van der Waals surface area contributed by atoms with Crippen LogP contribution in [-0.4, -0.2) is 105 Å². The van der Waals surface area contributed by atoms with Crippen molar-refractivity contribution < 1.29 is 14.3 Å². The van der Waals surface area contributed by atoms with Crippen LogP contribution in [0.15, 0.2) is 41.5 Å². The number of hydrogen-bond acceptors (Lipinski definition) is 7. The minimum atomic E-state index is -0.199. The van der Waals surface area contributed by atoms with E-state index in [9.17, 15) is 14.4 Å². The summed E-state index contributed by atoms with van der Waals surface area (Å²) in [6, 6.07) is 7.75. The molecule has 5 rings (SSSR count). The van der Waals surface area contributed by atoms with E-state index in [1.807, 2.05) is 40.7 Å². The quantitative estimate of drug-likeness (QED) is 0.444. The molecular weight excluding hydrogens is 498 g/mol. The number of aryl methyl sites for hydroxylation is 1. The Kier molecular flexibility index (Phi) is 8.67.